The monoisotopic (exact) mass is 449 g/mol. The number of aromatic hydroxyl groups is 2. The minimum Gasteiger partial charge on any atom is -0.508 e. The molecule has 0 fully saturated rings. The van der Waals surface area contributed by atoms with Crippen LogP contribution < -0.4 is 0 Å². The van der Waals surface area contributed by atoms with Crippen LogP contribution in [0.1, 0.15) is 54.6 Å². The first-order valence-electron chi connectivity index (χ1n) is 11.2. The van der Waals surface area contributed by atoms with E-state index < -0.39 is 5.97 Å². The molecule has 3 rings (SSSR count). The van der Waals surface area contributed by atoms with Crippen LogP contribution in [0.15, 0.2) is 71.9 Å². The van der Waals surface area contributed by atoms with Gasteiger partial charge in [-0.1, -0.05) is 67.6 Å². The zero-order valence-electron chi connectivity index (χ0n) is 19.1. The minimum absolute atomic E-state index is 0.0312. The highest BCUT2D eigenvalue weighted by Gasteiger charge is 2.24. The summed E-state index contributed by atoms with van der Waals surface area (Å²) in [4.78, 5) is 18.6. The molecule has 0 aliphatic carbocycles. The number of phenolic OH excluding ortho intramolecular Hbond substituents is 2. The Morgan fingerprint density at radius 3 is 2.61 bits per heavy atom. The lowest BCUT2D eigenvalue weighted by Gasteiger charge is -2.21. The molecule has 6 nitrogen and oxygen atoms in total. The van der Waals surface area contributed by atoms with E-state index >= 15 is 0 Å². The molecule has 2 N–H and O–H groups in total. The van der Waals surface area contributed by atoms with Crippen LogP contribution in [0, 0.1) is 5.92 Å². The van der Waals surface area contributed by atoms with Crippen LogP contribution >= 0.6 is 0 Å². The fraction of sp³-hybridized carbons (Fsp3) is 0.333. The van der Waals surface area contributed by atoms with E-state index in [2.05, 4.69) is 11.2 Å². The number of esters is 1. The van der Waals surface area contributed by atoms with Gasteiger partial charge in [0.2, 0.25) is 0 Å². The van der Waals surface area contributed by atoms with Gasteiger partial charge in [-0.15, -0.1) is 0 Å². The standard InChI is InChI=1S/C27H31NO5/c1-19(2)25-14-10-5-3-4-9-13-22(28-32-18-20-11-7-6-8-12-20)15-21-16-23(29)17-24(30)26(21)27(31)33-25/h5-13,16-17,19,25,29-30H,3-4,14-15,18H2,1-2H3/b10-5+,13-9+,28-22+/t25-/m0/s1. The third-order valence-electron chi connectivity index (χ3n) is 5.36. The van der Waals surface area contributed by atoms with Crippen molar-refractivity contribution < 1.29 is 24.6 Å². The molecule has 0 bridgehead atoms. The van der Waals surface area contributed by atoms with Crippen LogP contribution in [-0.4, -0.2) is 28.0 Å². The number of phenols is 2. The first kappa shape index (κ1) is 24.1. The van der Waals surface area contributed by atoms with E-state index in [0.717, 1.165) is 24.5 Å². The molecule has 0 amide bonds. The Kier molecular flexibility index (Phi) is 8.70. The lowest BCUT2D eigenvalue weighted by molar-refractivity contribution is 0.0189. The lowest BCUT2D eigenvalue weighted by atomic mass is 9.98. The Labute approximate surface area is 194 Å². The Hall–Kier alpha value is -3.54. The SMILES string of the molecule is CC(C)[C@@H]1C/C=C/CC/C=C/C(=N\OCc2ccccc2)Cc2cc(O)cc(O)c2C(=O)O1. The predicted molar refractivity (Wildman–Crippen MR) is 128 cm³/mol. The number of benzene rings is 2. The van der Waals surface area contributed by atoms with Gasteiger partial charge in [0.1, 0.15) is 29.8 Å². The maximum Gasteiger partial charge on any atom is 0.342 e. The number of allylic oxidation sites excluding steroid dienone is 3. The van der Waals surface area contributed by atoms with E-state index in [-0.39, 0.29) is 35.5 Å². The van der Waals surface area contributed by atoms with E-state index in [1.54, 1.807) is 0 Å². The molecule has 0 spiro atoms. The van der Waals surface area contributed by atoms with Crippen molar-refractivity contribution in [2.24, 2.45) is 11.1 Å². The van der Waals surface area contributed by atoms with Crippen molar-refractivity contribution in [3.05, 3.63) is 83.5 Å². The number of carbonyl (C=O) groups is 1. The number of ether oxygens (including phenoxy) is 1. The van der Waals surface area contributed by atoms with E-state index in [1.165, 1.54) is 6.07 Å². The Balaban J connectivity index is 1.93. The summed E-state index contributed by atoms with van der Waals surface area (Å²) in [6.07, 6.45) is 10.1. The van der Waals surface area contributed by atoms with Crippen molar-refractivity contribution in [1.82, 2.24) is 0 Å². The number of cyclic esters (lactones) is 1. The summed E-state index contributed by atoms with van der Waals surface area (Å²) in [5.74, 6) is -0.983. The average molecular weight is 450 g/mol. The summed E-state index contributed by atoms with van der Waals surface area (Å²) < 4.78 is 5.76. The number of nitrogens with zero attached hydrogens (tertiary/aromatic N) is 1. The Morgan fingerprint density at radius 1 is 1.09 bits per heavy atom. The number of rotatable bonds is 4. The molecular weight excluding hydrogens is 418 g/mol. The van der Waals surface area contributed by atoms with Gasteiger partial charge in [-0.3, -0.25) is 0 Å². The van der Waals surface area contributed by atoms with Gasteiger partial charge >= 0.3 is 5.97 Å². The third-order valence-corrected chi connectivity index (χ3v) is 5.36. The lowest BCUT2D eigenvalue weighted by Crippen LogP contribution is -2.24. The normalized spacial score (nSPS) is 20.5. The first-order chi connectivity index (χ1) is 15.9. The third kappa shape index (κ3) is 7.24. The fourth-order valence-electron chi connectivity index (χ4n) is 3.54. The molecule has 0 saturated carbocycles. The molecule has 1 aliphatic heterocycles. The van der Waals surface area contributed by atoms with Crippen molar-refractivity contribution in [3.8, 4) is 11.5 Å². The predicted octanol–water partition coefficient (Wildman–Crippen LogP) is 5.69. The Bertz CT molecular complexity index is 1020. The number of oxime groups is 1. The molecule has 1 atom stereocenters. The molecule has 33 heavy (non-hydrogen) atoms. The fourth-order valence-corrected chi connectivity index (χ4v) is 3.54. The van der Waals surface area contributed by atoms with Gasteiger partial charge in [-0.05, 0) is 42.0 Å². The van der Waals surface area contributed by atoms with Crippen molar-refractivity contribution in [2.45, 2.75) is 52.2 Å². The average Bonchev–Trinajstić information content (AvgIpc) is 2.77. The van der Waals surface area contributed by atoms with E-state index in [9.17, 15) is 15.0 Å². The van der Waals surface area contributed by atoms with Crippen molar-refractivity contribution in [3.63, 3.8) is 0 Å². The second kappa shape index (κ2) is 11.9. The van der Waals surface area contributed by atoms with Gasteiger partial charge in [-0.25, -0.2) is 4.79 Å². The maximum atomic E-state index is 13.1. The van der Waals surface area contributed by atoms with E-state index in [0.29, 0.717) is 24.3 Å². The number of hydrogen-bond donors (Lipinski definition) is 2. The van der Waals surface area contributed by atoms with Crippen LogP contribution in [0.5, 0.6) is 11.5 Å². The number of hydrogen-bond acceptors (Lipinski definition) is 6. The summed E-state index contributed by atoms with van der Waals surface area (Å²) in [6, 6.07) is 12.3. The quantitative estimate of drug-likeness (QED) is 0.356. The Morgan fingerprint density at radius 2 is 1.85 bits per heavy atom. The van der Waals surface area contributed by atoms with Gasteiger partial charge in [0.25, 0.3) is 0 Å². The highest BCUT2D eigenvalue weighted by Crippen LogP contribution is 2.30. The molecule has 0 saturated heterocycles. The molecular formula is C27H31NO5. The van der Waals surface area contributed by atoms with Gasteiger partial charge < -0.3 is 19.8 Å². The van der Waals surface area contributed by atoms with Gasteiger partial charge in [-0.2, -0.15) is 0 Å². The van der Waals surface area contributed by atoms with Crippen LogP contribution in [0.4, 0.5) is 0 Å². The molecule has 1 heterocycles. The molecule has 0 radical (unpaired) electrons. The van der Waals surface area contributed by atoms with Crippen molar-refractivity contribution in [1.29, 1.82) is 0 Å². The summed E-state index contributed by atoms with van der Waals surface area (Å²) in [7, 11) is 0. The zero-order valence-corrected chi connectivity index (χ0v) is 19.1. The second-order valence-corrected chi connectivity index (χ2v) is 8.39. The minimum atomic E-state index is -0.625. The highest BCUT2D eigenvalue weighted by molar-refractivity contribution is 6.00. The molecule has 174 valence electrons. The molecule has 6 heteroatoms. The van der Waals surface area contributed by atoms with E-state index in [1.807, 2.05) is 62.4 Å². The highest BCUT2D eigenvalue weighted by atomic mass is 16.6. The summed E-state index contributed by atoms with van der Waals surface area (Å²) in [5.41, 5.74) is 1.99. The van der Waals surface area contributed by atoms with E-state index in [4.69, 9.17) is 9.57 Å². The molecule has 0 aromatic heterocycles. The number of carbonyl (C=O) groups excluding carboxylic acids is 1. The van der Waals surface area contributed by atoms with Gasteiger partial charge in [0, 0.05) is 18.9 Å². The van der Waals surface area contributed by atoms with Crippen molar-refractivity contribution in [2.75, 3.05) is 0 Å². The smallest absolute Gasteiger partial charge is 0.342 e. The van der Waals surface area contributed by atoms with Crippen LogP contribution in [0.2, 0.25) is 0 Å². The van der Waals surface area contributed by atoms with Crippen LogP contribution in [0.3, 0.4) is 0 Å². The summed E-state index contributed by atoms with van der Waals surface area (Å²) in [5, 5.41) is 24.8. The second-order valence-electron chi connectivity index (χ2n) is 8.39. The zero-order chi connectivity index (χ0) is 23.6. The van der Waals surface area contributed by atoms with Crippen LogP contribution in [0.25, 0.3) is 0 Å². The molecule has 0 unspecified atom stereocenters. The largest absolute Gasteiger partial charge is 0.508 e. The molecule has 2 aromatic carbocycles. The molecule has 1 aliphatic rings. The maximum absolute atomic E-state index is 13.1. The topological polar surface area (TPSA) is 88.4 Å². The van der Waals surface area contributed by atoms with Crippen LogP contribution in [-0.2, 0) is 22.6 Å². The van der Waals surface area contributed by atoms with Gasteiger partial charge in [0.05, 0.1) is 5.71 Å². The number of fused-ring (bicyclic) bond motifs is 1. The summed E-state index contributed by atoms with van der Waals surface area (Å²) in [6.45, 7) is 4.28. The summed E-state index contributed by atoms with van der Waals surface area (Å²) >= 11 is 0. The first-order valence-corrected chi connectivity index (χ1v) is 11.2. The molecule has 2 aromatic rings. The van der Waals surface area contributed by atoms with Gasteiger partial charge in [0.15, 0.2) is 0 Å². The van der Waals surface area contributed by atoms with Crippen molar-refractivity contribution >= 4 is 11.7 Å².